The highest BCUT2D eigenvalue weighted by molar-refractivity contribution is 6.33. The molecule has 0 N–H and O–H groups in total. The average Bonchev–Trinajstić information content (AvgIpc) is 2.45. The van der Waals surface area contributed by atoms with Gasteiger partial charge in [0.05, 0.1) is 11.1 Å². The average molecular weight is 300 g/mol. The van der Waals surface area contributed by atoms with Gasteiger partial charge < -0.3 is 4.42 Å². The van der Waals surface area contributed by atoms with Gasteiger partial charge in [0.25, 0.3) is 0 Å². The third-order valence-corrected chi connectivity index (χ3v) is 3.28. The maximum atomic E-state index is 13.1. The van der Waals surface area contributed by atoms with Gasteiger partial charge in [-0.15, -0.1) is 0 Å². The summed E-state index contributed by atoms with van der Waals surface area (Å²) in [5.74, 6) is 0. The van der Waals surface area contributed by atoms with E-state index in [2.05, 4.69) is 0 Å². The first-order valence-corrected chi connectivity index (χ1v) is 6.36. The zero-order chi connectivity index (χ0) is 15.9. The lowest BCUT2D eigenvalue weighted by Crippen LogP contribution is -2.11. The molecule has 2 nitrogen and oxygen atoms in total. The van der Waals surface area contributed by atoms with Crippen LogP contribution in [0.25, 0.3) is 22.1 Å². The fourth-order valence-corrected chi connectivity index (χ4v) is 2.28. The third-order valence-electron chi connectivity index (χ3n) is 3.28. The largest absolute Gasteiger partial charge is 0.422 e. The number of hydrogen-bond acceptors (Lipinski definition) is 2. The lowest BCUT2D eigenvalue weighted by atomic mass is 9.94. The van der Waals surface area contributed by atoms with Crippen molar-refractivity contribution >= 4 is 24.3 Å². The van der Waals surface area contributed by atoms with Crippen molar-refractivity contribution in [2.75, 3.05) is 0 Å². The molecule has 0 bridgehead atoms. The summed E-state index contributed by atoms with van der Waals surface area (Å²) in [5, 5.41) is 0.501. The molecule has 3 rings (SSSR count). The highest BCUT2D eigenvalue weighted by Gasteiger charge is 2.34. The number of fused-ring (bicyclic) bond motifs is 1. The minimum atomic E-state index is -4.56. The van der Waals surface area contributed by atoms with Gasteiger partial charge in [0.1, 0.15) is 13.4 Å². The predicted octanol–water partition coefficient (Wildman–Crippen LogP) is 3.27. The van der Waals surface area contributed by atoms with Crippen molar-refractivity contribution < 1.29 is 17.6 Å². The number of rotatable bonds is 1. The Labute approximate surface area is 124 Å². The molecule has 0 fully saturated rings. The van der Waals surface area contributed by atoms with Crippen LogP contribution in [0.3, 0.4) is 0 Å². The quantitative estimate of drug-likeness (QED) is 0.510. The van der Waals surface area contributed by atoms with Gasteiger partial charge >= 0.3 is 11.8 Å². The fourth-order valence-electron chi connectivity index (χ4n) is 2.28. The molecule has 0 spiro atoms. The smallest absolute Gasteiger partial charge is 0.417 e. The van der Waals surface area contributed by atoms with Crippen molar-refractivity contribution in [3.8, 4) is 11.1 Å². The number of hydrogen-bond donors (Lipinski definition) is 0. The summed E-state index contributed by atoms with van der Waals surface area (Å²) >= 11 is 0. The highest BCUT2D eigenvalue weighted by Crippen LogP contribution is 2.36. The van der Waals surface area contributed by atoms with Gasteiger partial charge in [-0.3, -0.25) is 0 Å². The van der Waals surface area contributed by atoms with E-state index in [4.69, 9.17) is 12.3 Å². The highest BCUT2D eigenvalue weighted by atomic mass is 19.4. The molecule has 0 atom stereocenters. The SMILES string of the molecule is [B]c1ccc2cc(-c3ccccc3C(F)(F)F)c(=O)oc2c1. The summed E-state index contributed by atoms with van der Waals surface area (Å²) < 4.78 is 44.3. The van der Waals surface area contributed by atoms with E-state index >= 15 is 0 Å². The maximum Gasteiger partial charge on any atom is 0.417 e. The summed E-state index contributed by atoms with van der Waals surface area (Å²) in [6, 6.07) is 10.9. The Bertz CT molecular complexity index is 913. The summed E-state index contributed by atoms with van der Waals surface area (Å²) in [7, 11) is 5.59. The molecular weight excluding hydrogens is 292 g/mol. The molecule has 0 aliphatic rings. The molecule has 3 aromatic rings. The van der Waals surface area contributed by atoms with Gasteiger partial charge in [-0.1, -0.05) is 35.8 Å². The monoisotopic (exact) mass is 300 g/mol. The zero-order valence-corrected chi connectivity index (χ0v) is 11.1. The van der Waals surface area contributed by atoms with Crippen molar-refractivity contribution in [1.29, 1.82) is 0 Å². The lowest BCUT2D eigenvalue weighted by Gasteiger charge is -2.12. The first-order chi connectivity index (χ1) is 10.4. The van der Waals surface area contributed by atoms with Crippen molar-refractivity contribution in [1.82, 2.24) is 0 Å². The molecule has 2 aromatic carbocycles. The Balaban J connectivity index is 2.30. The second kappa shape index (κ2) is 5.05. The number of alkyl halides is 3. The summed E-state index contributed by atoms with van der Waals surface area (Å²) in [5.41, 5.74) is -1.42. The van der Waals surface area contributed by atoms with Gasteiger partial charge in [-0.05, 0) is 18.2 Å². The van der Waals surface area contributed by atoms with E-state index in [1.54, 1.807) is 12.1 Å². The topological polar surface area (TPSA) is 30.2 Å². The summed E-state index contributed by atoms with van der Waals surface area (Å²) in [6.45, 7) is 0. The molecule has 1 aromatic heterocycles. The second-order valence-corrected chi connectivity index (χ2v) is 4.79. The van der Waals surface area contributed by atoms with Crippen molar-refractivity contribution in [3.05, 3.63) is 64.5 Å². The van der Waals surface area contributed by atoms with Gasteiger partial charge in [-0.2, -0.15) is 13.2 Å². The van der Waals surface area contributed by atoms with E-state index in [1.807, 2.05) is 0 Å². The summed E-state index contributed by atoms with van der Waals surface area (Å²) in [6.07, 6.45) is -4.56. The molecule has 0 saturated carbocycles. The zero-order valence-electron chi connectivity index (χ0n) is 11.1. The van der Waals surface area contributed by atoms with Crippen molar-refractivity contribution in [2.45, 2.75) is 6.18 Å². The molecule has 0 saturated heterocycles. The minimum absolute atomic E-state index is 0.134. The molecule has 0 amide bonds. The van der Waals surface area contributed by atoms with Gasteiger partial charge in [0, 0.05) is 10.9 Å². The molecule has 0 aliphatic heterocycles. The Morgan fingerprint density at radius 1 is 0.955 bits per heavy atom. The van der Waals surface area contributed by atoms with E-state index in [9.17, 15) is 18.0 Å². The van der Waals surface area contributed by atoms with Crippen LogP contribution in [0, 0.1) is 0 Å². The van der Waals surface area contributed by atoms with Crippen LogP contribution in [0.4, 0.5) is 13.2 Å². The van der Waals surface area contributed by atoms with E-state index < -0.39 is 17.4 Å². The molecule has 1 heterocycles. The van der Waals surface area contributed by atoms with Crippen LogP contribution in [0.1, 0.15) is 5.56 Å². The molecule has 108 valence electrons. The summed E-state index contributed by atoms with van der Waals surface area (Å²) in [4.78, 5) is 12.0. The van der Waals surface area contributed by atoms with Crippen LogP contribution in [-0.4, -0.2) is 7.85 Å². The Morgan fingerprint density at radius 2 is 1.68 bits per heavy atom. The first-order valence-electron chi connectivity index (χ1n) is 6.36. The number of benzene rings is 2. The maximum absolute atomic E-state index is 13.1. The molecular formula is C16H8BF3O2. The van der Waals surface area contributed by atoms with E-state index in [-0.39, 0.29) is 16.7 Å². The Kier molecular flexibility index (Phi) is 3.32. The lowest BCUT2D eigenvalue weighted by molar-refractivity contribution is -0.137. The van der Waals surface area contributed by atoms with Crippen molar-refractivity contribution in [3.63, 3.8) is 0 Å². The molecule has 0 aliphatic carbocycles. The van der Waals surface area contributed by atoms with E-state index in [0.29, 0.717) is 10.8 Å². The first kappa shape index (κ1) is 14.4. The molecule has 22 heavy (non-hydrogen) atoms. The van der Waals surface area contributed by atoms with Crippen LogP contribution in [0.15, 0.2) is 57.7 Å². The fraction of sp³-hybridized carbons (Fsp3) is 0.0625. The molecule has 6 heteroatoms. The van der Waals surface area contributed by atoms with Gasteiger partial charge in [0.15, 0.2) is 0 Å². The van der Waals surface area contributed by atoms with Crippen LogP contribution >= 0.6 is 0 Å². The van der Waals surface area contributed by atoms with Crippen molar-refractivity contribution in [2.24, 2.45) is 0 Å². The van der Waals surface area contributed by atoms with Gasteiger partial charge in [0.2, 0.25) is 0 Å². The number of halogens is 3. The van der Waals surface area contributed by atoms with Crippen LogP contribution in [0.2, 0.25) is 0 Å². The van der Waals surface area contributed by atoms with Crippen LogP contribution < -0.4 is 11.1 Å². The standard InChI is InChI=1S/C16H8BF3O2/c17-10-6-5-9-7-12(15(21)22-14(9)8-10)11-3-1-2-4-13(11)16(18,19)20/h1-8H. The minimum Gasteiger partial charge on any atom is -0.422 e. The Hall–Kier alpha value is -2.50. The van der Waals surface area contributed by atoms with E-state index in [1.165, 1.54) is 30.3 Å². The van der Waals surface area contributed by atoms with E-state index in [0.717, 1.165) is 6.07 Å². The van der Waals surface area contributed by atoms with Crippen LogP contribution in [-0.2, 0) is 6.18 Å². The Morgan fingerprint density at radius 3 is 2.41 bits per heavy atom. The molecule has 0 unspecified atom stereocenters. The second-order valence-electron chi connectivity index (χ2n) is 4.79. The van der Waals surface area contributed by atoms with Gasteiger partial charge in [-0.25, -0.2) is 4.79 Å². The predicted molar refractivity (Wildman–Crippen MR) is 78.3 cm³/mol. The normalized spacial score (nSPS) is 11.8. The third kappa shape index (κ3) is 2.52. The molecule has 2 radical (unpaired) electrons. The van der Waals surface area contributed by atoms with Crippen LogP contribution in [0.5, 0.6) is 0 Å².